The highest BCUT2D eigenvalue weighted by Gasteiger charge is 2.23. The molecule has 0 aliphatic heterocycles. The van der Waals surface area contributed by atoms with Gasteiger partial charge >= 0.3 is 5.69 Å². The smallest absolute Gasteiger partial charge is 0.332 e. The highest BCUT2D eigenvalue weighted by Crippen LogP contribution is 2.23. The first-order valence-electron chi connectivity index (χ1n) is 11.2. The van der Waals surface area contributed by atoms with Crippen molar-refractivity contribution in [2.24, 2.45) is 14.1 Å². The van der Waals surface area contributed by atoms with Crippen molar-refractivity contribution >= 4 is 17.1 Å². The summed E-state index contributed by atoms with van der Waals surface area (Å²) in [6.45, 7) is 2.18. The molecule has 1 atom stereocenters. The summed E-state index contributed by atoms with van der Waals surface area (Å²) in [6.07, 6.45) is 4.69. The third-order valence-corrected chi connectivity index (χ3v) is 6.14. The maximum Gasteiger partial charge on any atom is 0.332 e. The van der Waals surface area contributed by atoms with Gasteiger partial charge in [0.1, 0.15) is 18.5 Å². The number of hydrogen-bond acceptors (Lipinski definition) is 6. The largest absolute Gasteiger partial charge is 0.491 e. The maximum atomic E-state index is 13.0. The van der Waals surface area contributed by atoms with Gasteiger partial charge in [0.2, 0.25) is 5.95 Å². The van der Waals surface area contributed by atoms with Crippen LogP contribution in [0.2, 0.25) is 0 Å². The Balaban J connectivity index is 1.65. The molecule has 9 heteroatoms. The molecule has 0 saturated heterocycles. The second-order valence-corrected chi connectivity index (χ2v) is 8.68. The van der Waals surface area contributed by atoms with E-state index in [0.29, 0.717) is 22.9 Å². The summed E-state index contributed by atoms with van der Waals surface area (Å²) in [5, 5.41) is 14.2. The molecule has 9 nitrogen and oxygen atoms in total. The van der Waals surface area contributed by atoms with Crippen LogP contribution in [-0.2, 0) is 20.6 Å². The zero-order valence-corrected chi connectivity index (χ0v) is 18.9. The normalized spacial score (nSPS) is 15.8. The lowest BCUT2D eigenvalue weighted by atomic mass is 9.96. The summed E-state index contributed by atoms with van der Waals surface area (Å²) < 4.78 is 9.86. The second kappa shape index (κ2) is 9.20. The first kappa shape index (κ1) is 22.1. The number of anilines is 1. The quantitative estimate of drug-likeness (QED) is 0.581. The van der Waals surface area contributed by atoms with Crippen LogP contribution in [0.25, 0.3) is 11.2 Å². The van der Waals surface area contributed by atoms with Gasteiger partial charge in [-0.15, -0.1) is 0 Å². The molecule has 0 unspecified atom stereocenters. The van der Waals surface area contributed by atoms with E-state index in [1.165, 1.54) is 18.0 Å². The van der Waals surface area contributed by atoms with E-state index in [4.69, 9.17) is 4.74 Å². The van der Waals surface area contributed by atoms with Crippen molar-refractivity contribution in [3.8, 4) is 5.75 Å². The number of imidazole rings is 1. The lowest BCUT2D eigenvalue weighted by Crippen LogP contribution is -2.38. The fraction of sp³-hybridized carbons (Fsp3) is 0.522. The molecule has 3 aromatic rings. The zero-order valence-electron chi connectivity index (χ0n) is 18.9. The highest BCUT2D eigenvalue weighted by molar-refractivity contribution is 5.74. The number of fused-ring (bicyclic) bond motifs is 1. The van der Waals surface area contributed by atoms with E-state index in [2.05, 4.69) is 10.3 Å². The topological polar surface area (TPSA) is 103 Å². The molecular weight excluding hydrogens is 410 g/mol. The van der Waals surface area contributed by atoms with Gasteiger partial charge < -0.3 is 19.7 Å². The number of aliphatic hydroxyl groups is 1. The van der Waals surface area contributed by atoms with Crippen molar-refractivity contribution in [3.05, 3.63) is 50.7 Å². The summed E-state index contributed by atoms with van der Waals surface area (Å²) in [4.78, 5) is 30.0. The second-order valence-electron chi connectivity index (χ2n) is 8.68. The van der Waals surface area contributed by atoms with Gasteiger partial charge in [0.05, 0.1) is 6.54 Å². The molecule has 2 heterocycles. The van der Waals surface area contributed by atoms with Gasteiger partial charge in [0.15, 0.2) is 11.2 Å². The standard InChI is InChI=1S/C23H31N5O4/c1-15-9-11-18(12-10-15)32-14-17(29)13-28-19-20(26(2)23(31)27(3)21(19)30)25-22(28)24-16-7-5-4-6-8-16/h9-12,16-17,29H,4-8,13-14H2,1-3H3,(H,24,25)/t17-/m0/s1. The minimum Gasteiger partial charge on any atom is -0.491 e. The predicted octanol–water partition coefficient (Wildman–Crippen LogP) is 1.93. The molecular formula is C23H31N5O4. The van der Waals surface area contributed by atoms with Crippen molar-refractivity contribution in [2.45, 2.75) is 57.7 Å². The molecule has 1 aliphatic rings. The Morgan fingerprint density at radius 3 is 2.50 bits per heavy atom. The summed E-state index contributed by atoms with van der Waals surface area (Å²) >= 11 is 0. The molecule has 4 rings (SSSR count). The lowest BCUT2D eigenvalue weighted by Gasteiger charge is -2.24. The average Bonchev–Trinajstić information content (AvgIpc) is 3.14. The molecule has 1 saturated carbocycles. The van der Waals surface area contributed by atoms with E-state index in [-0.39, 0.29) is 19.2 Å². The van der Waals surface area contributed by atoms with Gasteiger partial charge in [-0.05, 0) is 31.9 Å². The van der Waals surface area contributed by atoms with Crippen LogP contribution >= 0.6 is 0 Å². The van der Waals surface area contributed by atoms with Gasteiger partial charge in [0, 0.05) is 20.1 Å². The van der Waals surface area contributed by atoms with E-state index >= 15 is 0 Å². The van der Waals surface area contributed by atoms with E-state index < -0.39 is 17.4 Å². The Kier molecular flexibility index (Phi) is 6.36. The molecule has 1 aliphatic carbocycles. The minimum absolute atomic E-state index is 0.0671. The Labute approximate surface area is 186 Å². The monoisotopic (exact) mass is 441 g/mol. The Hall–Kier alpha value is -3.07. The first-order valence-corrected chi connectivity index (χ1v) is 11.2. The van der Waals surface area contributed by atoms with Crippen molar-refractivity contribution < 1.29 is 9.84 Å². The van der Waals surface area contributed by atoms with Crippen LogP contribution < -0.4 is 21.3 Å². The van der Waals surface area contributed by atoms with Crippen molar-refractivity contribution in [3.63, 3.8) is 0 Å². The van der Waals surface area contributed by atoms with Crippen LogP contribution in [0.3, 0.4) is 0 Å². The summed E-state index contributed by atoms with van der Waals surface area (Å²) in [7, 11) is 3.05. The molecule has 0 amide bonds. The van der Waals surface area contributed by atoms with Crippen LogP contribution in [0.4, 0.5) is 5.95 Å². The number of nitrogens with one attached hydrogen (secondary N) is 1. The maximum absolute atomic E-state index is 13.0. The van der Waals surface area contributed by atoms with E-state index in [1.54, 1.807) is 11.6 Å². The van der Waals surface area contributed by atoms with Gasteiger partial charge in [-0.3, -0.25) is 13.9 Å². The summed E-state index contributed by atoms with van der Waals surface area (Å²) in [5.74, 6) is 1.17. The number of rotatable bonds is 7. The zero-order chi connectivity index (χ0) is 22.8. The van der Waals surface area contributed by atoms with Crippen LogP contribution in [0.5, 0.6) is 5.75 Å². The third kappa shape index (κ3) is 4.43. The number of aliphatic hydroxyl groups excluding tert-OH is 1. The van der Waals surface area contributed by atoms with Crippen LogP contribution in [-0.4, -0.2) is 42.5 Å². The average molecular weight is 442 g/mol. The number of benzene rings is 1. The SMILES string of the molecule is Cc1ccc(OC[C@@H](O)Cn2c(NC3CCCCC3)nc3c2c(=O)n(C)c(=O)n3C)cc1. The van der Waals surface area contributed by atoms with Gasteiger partial charge in [-0.2, -0.15) is 4.98 Å². The molecule has 1 aromatic carbocycles. The number of hydrogen-bond donors (Lipinski definition) is 2. The minimum atomic E-state index is -0.873. The number of ether oxygens (including phenoxy) is 1. The van der Waals surface area contributed by atoms with Crippen molar-refractivity contribution in [2.75, 3.05) is 11.9 Å². The summed E-state index contributed by atoms with van der Waals surface area (Å²) in [6, 6.07) is 7.86. The molecule has 1 fully saturated rings. The number of nitrogens with zero attached hydrogens (tertiary/aromatic N) is 4. The molecule has 0 spiro atoms. The van der Waals surface area contributed by atoms with E-state index in [1.807, 2.05) is 31.2 Å². The van der Waals surface area contributed by atoms with Crippen LogP contribution in [0, 0.1) is 6.92 Å². The van der Waals surface area contributed by atoms with Crippen molar-refractivity contribution in [1.29, 1.82) is 0 Å². The molecule has 172 valence electrons. The molecule has 0 radical (unpaired) electrons. The molecule has 0 bridgehead atoms. The fourth-order valence-electron chi connectivity index (χ4n) is 4.25. The molecule has 2 N–H and O–H groups in total. The van der Waals surface area contributed by atoms with Gasteiger partial charge in [-0.25, -0.2) is 4.79 Å². The Bertz CT molecular complexity index is 1200. The van der Waals surface area contributed by atoms with Crippen molar-refractivity contribution in [1.82, 2.24) is 18.7 Å². The van der Waals surface area contributed by atoms with E-state index in [0.717, 1.165) is 35.8 Å². The number of aryl methyl sites for hydroxylation is 2. The molecule has 2 aromatic heterocycles. The van der Waals surface area contributed by atoms with Crippen LogP contribution in [0.1, 0.15) is 37.7 Å². The highest BCUT2D eigenvalue weighted by atomic mass is 16.5. The lowest BCUT2D eigenvalue weighted by molar-refractivity contribution is 0.0937. The number of aromatic nitrogens is 4. The molecule has 32 heavy (non-hydrogen) atoms. The Morgan fingerprint density at radius 1 is 1.12 bits per heavy atom. The van der Waals surface area contributed by atoms with Gasteiger partial charge in [0.25, 0.3) is 5.56 Å². The predicted molar refractivity (Wildman–Crippen MR) is 123 cm³/mol. The first-order chi connectivity index (χ1) is 15.3. The fourth-order valence-corrected chi connectivity index (χ4v) is 4.25. The Morgan fingerprint density at radius 2 is 1.81 bits per heavy atom. The van der Waals surface area contributed by atoms with Crippen LogP contribution in [0.15, 0.2) is 33.9 Å². The third-order valence-electron chi connectivity index (χ3n) is 6.14. The van der Waals surface area contributed by atoms with Gasteiger partial charge in [-0.1, -0.05) is 37.0 Å². The summed E-state index contributed by atoms with van der Waals surface area (Å²) in [5.41, 5.74) is 0.867. The van der Waals surface area contributed by atoms with E-state index in [9.17, 15) is 14.7 Å².